The van der Waals surface area contributed by atoms with Crippen LogP contribution in [0, 0.1) is 0 Å². The van der Waals surface area contributed by atoms with Crippen LogP contribution >= 0.6 is 12.4 Å². The number of aryl methyl sites for hydroxylation is 1. The first-order chi connectivity index (χ1) is 12.4. The molecule has 0 aliphatic heterocycles. The number of amides is 1. The molecule has 0 spiro atoms. The van der Waals surface area contributed by atoms with Crippen LogP contribution in [0.5, 0.6) is 11.5 Å². The Balaban J connectivity index is 0.00000364. The van der Waals surface area contributed by atoms with Gasteiger partial charge in [-0.3, -0.25) is 9.48 Å². The minimum absolute atomic E-state index is 0. The number of benzene rings is 1. The van der Waals surface area contributed by atoms with Gasteiger partial charge in [-0.1, -0.05) is 6.07 Å². The van der Waals surface area contributed by atoms with Crippen molar-refractivity contribution in [3.63, 3.8) is 0 Å². The van der Waals surface area contributed by atoms with Crippen molar-refractivity contribution in [3.05, 3.63) is 41.7 Å². The lowest BCUT2D eigenvalue weighted by Gasteiger charge is -2.15. The van der Waals surface area contributed by atoms with Gasteiger partial charge < -0.3 is 20.1 Å². The average molecular weight is 405 g/mol. The van der Waals surface area contributed by atoms with Gasteiger partial charge >= 0.3 is 6.61 Å². The highest BCUT2D eigenvalue weighted by atomic mass is 35.5. The highest BCUT2D eigenvalue weighted by Crippen LogP contribution is 2.29. The maximum Gasteiger partial charge on any atom is 0.387 e. The van der Waals surface area contributed by atoms with Crippen molar-refractivity contribution < 1.29 is 23.0 Å². The van der Waals surface area contributed by atoms with Gasteiger partial charge in [0.05, 0.1) is 13.3 Å². The Morgan fingerprint density at radius 1 is 1.33 bits per heavy atom. The predicted octanol–water partition coefficient (Wildman–Crippen LogP) is 2.07. The van der Waals surface area contributed by atoms with Gasteiger partial charge in [0, 0.05) is 25.4 Å². The predicted molar refractivity (Wildman–Crippen MR) is 98.6 cm³/mol. The molecule has 1 aromatic carbocycles. The summed E-state index contributed by atoms with van der Waals surface area (Å²) in [5.41, 5.74) is 1.49. The largest absolute Gasteiger partial charge is 0.493 e. The Hall–Kier alpha value is -2.39. The molecule has 0 bridgehead atoms. The molecule has 0 aliphatic rings. The van der Waals surface area contributed by atoms with Crippen LogP contribution in [0.1, 0.15) is 17.2 Å². The van der Waals surface area contributed by atoms with E-state index < -0.39 is 12.7 Å². The van der Waals surface area contributed by atoms with E-state index in [1.807, 2.05) is 0 Å². The van der Waals surface area contributed by atoms with E-state index in [2.05, 4.69) is 20.5 Å². The quantitative estimate of drug-likeness (QED) is 0.669. The molecule has 0 aliphatic carbocycles. The summed E-state index contributed by atoms with van der Waals surface area (Å²) in [5.74, 6) is -0.00207. The second-order valence-electron chi connectivity index (χ2n) is 5.57. The molecule has 150 valence electrons. The van der Waals surface area contributed by atoms with Crippen LogP contribution < -0.4 is 20.1 Å². The summed E-state index contributed by atoms with van der Waals surface area (Å²) in [6.45, 7) is -2.59. The molecule has 1 heterocycles. The van der Waals surface area contributed by atoms with E-state index in [4.69, 9.17) is 4.74 Å². The van der Waals surface area contributed by atoms with Crippen molar-refractivity contribution in [3.8, 4) is 11.5 Å². The topological polar surface area (TPSA) is 77.4 Å². The molecule has 2 aromatic rings. The number of hydrogen-bond donors (Lipinski definition) is 2. The van der Waals surface area contributed by atoms with Gasteiger partial charge in [-0.15, -0.1) is 12.4 Å². The standard InChI is InChI=1S/C17H22F2N4O3.ClH/c1-20-15(12-9-22-23(2)10-12)16(24)21-7-6-11-4-5-13(25-3)14(8-11)26-17(18)19;/h4-5,8-10,15,17,20H,6-7H2,1-3H3,(H,21,24);1H. The molecule has 0 fully saturated rings. The molecule has 0 saturated heterocycles. The average Bonchev–Trinajstić information content (AvgIpc) is 3.01. The molecule has 1 unspecified atom stereocenters. The minimum atomic E-state index is -2.94. The lowest BCUT2D eigenvalue weighted by molar-refractivity contribution is -0.123. The summed E-state index contributed by atoms with van der Waals surface area (Å²) in [5, 5.41) is 9.82. The second kappa shape index (κ2) is 10.7. The fourth-order valence-corrected chi connectivity index (χ4v) is 2.54. The highest BCUT2D eigenvalue weighted by molar-refractivity contribution is 5.85. The molecular formula is C17H23ClF2N4O3. The van der Waals surface area contributed by atoms with E-state index in [9.17, 15) is 13.6 Å². The molecule has 10 heteroatoms. The van der Waals surface area contributed by atoms with E-state index in [1.165, 1.54) is 13.2 Å². The molecule has 2 rings (SSSR count). The van der Waals surface area contributed by atoms with Crippen molar-refractivity contribution in [1.82, 2.24) is 20.4 Å². The zero-order valence-corrected chi connectivity index (χ0v) is 16.1. The van der Waals surface area contributed by atoms with E-state index in [0.717, 1.165) is 11.1 Å². The second-order valence-corrected chi connectivity index (χ2v) is 5.57. The van der Waals surface area contributed by atoms with E-state index >= 15 is 0 Å². The summed E-state index contributed by atoms with van der Waals surface area (Å²) in [6, 6.07) is 4.26. The number of nitrogens with zero attached hydrogens (tertiary/aromatic N) is 2. The first-order valence-corrected chi connectivity index (χ1v) is 7.99. The van der Waals surface area contributed by atoms with E-state index in [-0.39, 0.29) is 29.8 Å². The summed E-state index contributed by atoms with van der Waals surface area (Å²) < 4.78 is 36.0. The molecule has 7 nitrogen and oxygen atoms in total. The molecule has 2 N–H and O–H groups in total. The molecule has 1 amide bonds. The van der Waals surface area contributed by atoms with Gasteiger partial charge in [0.2, 0.25) is 5.91 Å². The molecule has 27 heavy (non-hydrogen) atoms. The van der Waals surface area contributed by atoms with Crippen molar-refractivity contribution in [2.75, 3.05) is 20.7 Å². The first kappa shape index (κ1) is 22.7. The lowest BCUT2D eigenvalue weighted by atomic mass is 10.1. The van der Waals surface area contributed by atoms with Crippen LogP contribution in [0.2, 0.25) is 0 Å². The van der Waals surface area contributed by atoms with Crippen LogP contribution in [0.25, 0.3) is 0 Å². The number of methoxy groups -OCH3 is 1. The van der Waals surface area contributed by atoms with E-state index in [0.29, 0.717) is 13.0 Å². The third-order valence-electron chi connectivity index (χ3n) is 3.77. The molecule has 0 radical (unpaired) electrons. The number of likely N-dealkylation sites (N-methyl/N-ethyl adjacent to an activating group) is 1. The van der Waals surface area contributed by atoms with E-state index in [1.54, 1.807) is 43.3 Å². The third-order valence-corrected chi connectivity index (χ3v) is 3.77. The van der Waals surface area contributed by atoms with Crippen LogP contribution in [-0.2, 0) is 18.3 Å². The van der Waals surface area contributed by atoms with Gasteiger partial charge in [-0.2, -0.15) is 13.9 Å². The number of alkyl halides is 2. The summed E-state index contributed by atoms with van der Waals surface area (Å²) >= 11 is 0. The molecule has 0 saturated carbocycles. The normalized spacial score (nSPS) is 11.6. The Kier molecular flexibility index (Phi) is 8.96. The zero-order chi connectivity index (χ0) is 19.1. The maximum atomic E-state index is 12.5. The smallest absolute Gasteiger partial charge is 0.387 e. The Labute approximate surface area is 162 Å². The minimum Gasteiger partial charge on any atom is -0.493 e. The number of hydrogen-bond acceptors (Lipinski definition) is 5. The number of aromatic nitrogens is 2. The number of carbonyl (C=O) groups is 1. The Bertz CT molecular complexity index is 743. The number of halogens is 3. The molecule has 1 aromatic heterocycles. The Morgan fingerprint density at radius 2 is 2.07 bits per heavy atom. The third kappa shape index (κ3) is 6.37. The van der Waals surface area contributed by atoms with Gasteiger partial charge in [0.25, 0.3) is 0 Å². The Morgan fingerprint density at radius 3 is 2.63 bits per heavy atom. The van der Waals surface area contributed by atoms with Gasteiger partial charge in [0.15, 0.2) is 11.5 Å². The van der Waals surface area contributed by atoms with Crippen molar-refractivity contribution in [1.29, 1.82) is 0 Å². The van der Waals surface area contributed by atoms with Gasteiger partial charge in [0.1, 0.15) is 6.04 Å². The monoisotopic (exact) mass is 404 g/mol. The first-order valence-electron chi connectivity index (χ1n) is 7.99. The maximum absolute atomic E-state index is 12.5. The zero-order valence-electron chi connectivity index (χ0n) is 15.2. The molecular weight excluding hydrogens is 382 g/mol. The number of ether oxygens (including phenoxy) is 2. The van der Waals surface area contributed by atoms with Crippen molar-refractivity contribution in [2.24, 2.45) is 7.05 Å². The van der Waals surface area contributed by atoms with Crippen LogP contribution in [-0.4, -0.2) is 43.0 Å². The number of rotatable bonds is 9. The summed E-state index contributed by atoms with van der Waals surface area (Å²) in [6.07, 6.45) is 3.84. The summed E-state index contributed by atoms with van der Waals surface area (Å²) in [4.78, 5) is 12.3. The van der Waals surface area contributed by atoms with Crippen LogP contribution in [0.15, 0.2) is 30.6 Å². The number of carbonyl (C=O) groups excluding carboxylic acids is 1. The highest BCUT2D eigenvalue weighted by Gasteiger charge is 2.19. The SMILES string of the molecule is CNC(C(=O)NCCc1ccc(OC)c(OC(F)F)c1)c1cnn(C)c1.Cl. The lowest BCUT2D eigenvalue weighted by Crippen LogP contribution is -2.36. The van der Waals surface area contributed by atoms with Crippen molar-refractivity contribution >= 4 is 18.3 Å². The van der Waals surface area contributed by atoms with Crippen LogP contribution in [0.3, 0.4) is 0 Å². The van der Waals surface area contributed by atoms with Gasteiger partial charge in [-0.25, -0.2) is 0 Å². The van der Waals surface area contributed by atoms with Crippen molar-refractivity contribution in [2.45, 2.75) is 19.1 Å². The van der Waals surface area contributed by atoms with Crippen LogP contribution in [0.4, 0.5) is 8.78 Å². The summed E-state index contributed by atoms with van der Waals surface area (Å²) in [7, 11) is 4.84. The number of nitrogens with one attached hydrogen (secondary N) is 2. The van der Waals surface area contributed by atoms with Gasteiger partial charge in [-0.05, 0) is 31.2 Å². The fourth-order valence-electron chi connectivity index (χ4n) is 2.54. The fraction of sp³-hybridized carbons (Fsp3) is 0.412. The molecule has 1 atom stereocenters.